The van der Waals surface area contributed by atoms with E-state index in [1.54, 1.807) is 36.4 Å². The van der Waals surface area contributed by atoms with Crippen molar-refractivity contribution in [3.8, 4) is 5.75 Å². The Morgan fingerprint density at radius 2 is 1.76 bits per heavy atom. The van der Waals surface area contributed by atoms with Crippen LogP contribution in [0.4, 0.5) is 5.69 Å². The number of amides is 1. The largest absolute Gasteiger partial charge is 0.494 e. The Morgan fingerprint density at radius 1 is 1.06 bits per heavy atom. The average molecular weight is 489 g/mol. The van der Waals surface area contributed by atoms with Crippen LogP contribution in [0, 0.1) is 5.92 Å². The van der Waals surface area contributed by atoms with Crippen LogP contribution < -0.4 is 10.1 Å². The fourth-order valence-electron chi connectivity index (χ4n) is 3.72. The third-order valence-electron chi connectivity index (χ3n) is 5.65. The maximum atomic E-state index is 13.1. The Kier molecular flexibility index (Phi) is 9.06. The molecule has 1 fully saturated rings. The SMILES string of the molecule is CCCCOC(=O)c1ccc(NC(=O)[C@H]2CCCN(S(=O)(=O)c3ccc(OCC)cc3)C2)cc1. The Hall–Kier alpha value is -2.91. The molecule has 9 heteroatoms. The predicted molar refractivity (Wildman–Crippen MR) is 129 cm³/mol. The molecule has 184 valence electrons. The first kappa shape index (κ1) is 25.7. The van der Waals surface area contributed by atoms with E-state index in [0.29, 0.717) is 49.6 Å². The number of carbonyl (C=O) groups excluding carboxylic acids is 2. The van der Waals surface area contributed by atoms with E-state index in [1.807, 2.05) is 13.8 Å². The highest BCUT2D eigenvalue weighted by atomic mass is 32.2. The van der Waals surface area contributed by atoms with E-state index in [-0.39, 0.29) is 17.3 Å². The summed E-state index contributed by atoms with van der Waals surface area (Å²) in [7, 11) is -3.71. The molecule has 1 aliphatic heterocycles. The number of esters is 1. The Morgan fingerprint density at radius 3 is 2.41 bits per heavy atom. The van der Waals surface area contributed by atoms with Gasteiger partial charge in [0.2, 0.25) is 15.9 Å². The second kappa shape index (κ2) is 12.0. The molecule has 0 bridgehead atoms. The van der Waals surface area contributed by atoms with E-state index in [0.717, 1.165) is 12.8 Å². The fraction of sp³-hybridized carbons (Fsp3) is 0.440. The summed E-state index contributed by atoms with van der Waals surface area (Å²) in [5.41, 5.74) is 0.959. The van der Waals surface area contributed by atoms with Gasteiger partial charge in [0.15, 0.2) is 0 Å². The normalized spacial score (nSPS) is 16.6. The molecule has 2 aromatic carbocycles. The number of nitrogens with zero attached hydrogens (tertiary/aromatic N) is 1. The number of hydrogen-bond acceptors (Lipinski definition) is 6. The quantitative estimate of drug-likeness (QED) is 0.399. The van der Waals surface area contributed by atoms with E-state index >= 15 is 0 Å². The van der Waals surface area contributed by atoms with Crippen LogP contribution in [0.3, 0.4) is 0 Å². The summed E-state index contributed by atoms with van der Waals surface area (Å²) >= 11 is 0. The lowest BCUT2D eigenvalue weighted by molar-refractivity contribution is -0.120. The van der Waals surface area contributed by atoms with Crippen molar-refractivity contribution in [3.05, 3.63) is 54.1 Å². The zero-order valence-corrected chi connectivity index (χ0v) is 20.5. The standard InChI is InChI=1S/C25H32N2O6S/c1-3-5-17-33-25(29)19-8-10-21(11-9-19)26-24(28)20-7-6-16-27(18-20)34(30,31)23-14-12-22(13-15-23)32-4-2/h8-15,20H,3-7,16-18H2,1-2H3,(H,26,28)/t20-/m0/s1. The topological polar surface area (TPSA) is 102 Å². The van der Waals surface area contributed by atoms with Gasteiger partial charge in [0, 0.05) is 18.8 Å². The number of nitrogens with one attached hydrogen (secondary N) is 1. The van der Waals surface area contributed by atoms with Gasteiger partial charge >= 0.3 is 5.97 Å². The molecule has 1 aliphatic rings. The van der Waals surface area contributed by atoms with E-state index < -0.39 is 21.9 Å². The second-order valence-electron chi connectivity index (χ2n) is 8.16. The summed E-state index contributed by atoms with van der Waals surface area (Å²) < 4.78 is 38.1. The molecular formula is C25H32N2O6S. The highest BCUT2D eigenvalue weighted by Gasteiger charge is 2.33. The van der Waals surface area contributed by atoms with Gasteiger partial charge in [-0.25, -0.2) is 13.2 Å². The molecule has 1 amide bonds. The van der Waals surface area contributed by atoms with E-state index in [2.05, 4.69) is 5.32 Å². The minimum atomic E-state index is -3.71. The van der Waals surface area contributed by atoms with E-state index in [1.165, 1.54) is 16.4 Å². The van der Waals surface area contributed by atoms with Crippen LogP contribution in [0.5, 0.6) is 5.75 Å². The van der Waals surface area contributed by atoms with Gasteiger partial charge in [0.05, 0.1) is 29.6 Å². The molecule has 0 aromatic heterocycles. The molecule has 0 unspecified atom stereocenters. The minimum Gasteiger partial charge on any atom is -0.494 e. The first-order valence-corrected chi connectivity index (χ1v) is 13.1. The molecule has 1 saturated heterocycles. The van der Waals surface area contributed by atoms with Crippen molar-refractivity contribution in [1.82, 2.24) is 4.31 Å². The van der Waals surface area contributed by atoms with Crippen LogP contribution >= 0.6 is 0 Å². The van der Waals surface area contributed by atoms with Crippen molar-refractivity contribution >= 4 is 27.6 Å². The molecule has 0 spiro atoms. The number of anilines is 1. The Labute approximate surface area is 201 Å². The van der Waals surface area contributed by atoms with Crippen LogP contribution in [0.25, 0.3) is 0 Å². The molecule has 3 rings (SSSR count). The van der Waals surface area contributed by atoms with Crippen molar-refractivity contribution < 1.29 is 27.5 Å². The van der Waals surface area contributed by atoms with Crippen molar-refractivity contribution in [2.45, 2.75) is 44.4 Å². The van der Waals surface area contributed by atoms with Crippen LogP contribution in [0.15, 0.2) is 53.4 Å². The molecule has 1 N–H and O–H groups in total. The van der Waals surface area contributed by atoms with Crippen LogP contribution in [-0.2, 0) is 19.6 Å². The average Bonchev–Trinajstić information content (AvgIpc) is 2.85. The molecule has 8 nitrogen and oxygen atoms in total. The van der Waals surface area contributed by atoms with Crippen molar-refractivity contribution in [2.24, 2.45) is 5.92 Å². The fourth-order valence-corrected chi connectivity index (χ4v) is 5.25. The van der Waals surface area contributed by atoms with Crippen LogP contribution in [0.1, 0.15) is 49.9 Å². The van der Waals surface area contributed by atoms with Crippen molar-refractivity contribution in [3.63, 3.8) is 0 Å². The molecule has 1 atom stereocenters. The highest BCUT2D eigenvalue weighted by Crippen LogP contribution is 2.26. The minimum absolute atomic E-state index is 0.114. The van der Waals surface area contributed by atoms with Gasteiger partial charge in [-0.2, -0.15) is 4.31 Å². The number of unbranched alkanes of at least 4 members (excludes halogenated alkanes) is 1. The lowest BCUT2D eigenvalue weighted by atomic mass is 9.98. The zero-order valence-electron chi connectivity index (χ0n) is 19.7. The smallest absolute Gasteiger partial charge is 0.338 e. The third-order valence-corrected chi connectivity index (χ3v) is 7.53. The monoisotopic (exact) mass is 488 g/mol. The number of hydrogen-bond donors (Lipinski definition) is 1. The molecule has 1 heterocycles. The first-order valence-electron chi connectivity index (χ1n) is 11.7. The molecule has 0 saturated carbocycles. The van der Waals surface area contributed by atoms with Crippen LogP contribution in [0.2, 0.25) is 0 Å². The number of benzene rings is 2. The summed E-state index contributed by atoms with van der Waals surface area (Å²) in [6, 6.07) is 12.8. The third kappa shape index (κ3) is 6.57. The predicted octanol–water partition coefficient (Wildman–Crippen LogP) is 4.08. The summed E-state index contributed by atoms with van der Waals surface area (Å²) in [4.78, 5) is 25.0. The van der Waals surface area contributed by atoms with E-state index in [9.17, 15) is 18.0 Å². The Balaban J connectivity index is 1.60. The summed E-state index contributed by atoms with van der Waals surface area (Å²) in [6.07, 6.45) is 2.95. The van der Waals surface area contributed by atoms with E-state index in [4.69, 9.17) is 9.47 Å². The molecular weight excluding hydrogens is 456 g/mol. The first-order chi connectivity index (χ1) is 16.3. The number of piperidine rings is 1. The zero-order chi connectivity index (χ0) is 24.6. The van der Waals surface area contributed by atoms with Gasteiger partial charge in [0.1, 0.15) is 5.75 Å². The number of rotatable bonds is 10. The maximum Gasteiger partial charge on any atom is 0.338 e. The number of carbonyl (C=O) groups is 2. The lowest BCUT2D eigenvalue weighted by Gasteiger charge is -2.31. The van der Waals surface area contributed by atoms with Gasteiger partial charge in [-0.15, -0.1) is 0 Å². The number of sulfonamides is 1. The van der Waals surface area contributed by atoms with Gasteiger partial charge in [-0.3, -0.25) is 4.79 Å². The summed E-state index contributed by atoms with van der Waals surface area (Å²) in [6.45, 7) is 5.25. The van der Waals surface area contributed by atoms with Gasteiger partial charge in [-0.1, -0.05) is 13.3 Å². The van der Waals surface area contributed by atoms with Crippen molar-refractivity contribution in [2.75, 3.05) is 31.6 Å². The maximum absolute atomic E-state index is 13.1. The molecule has 2 aromatic rings. The van der Waals surface area contributed by atoms with Gasteiger partial charge in [-0.05, 0) is 74.7 Å². The number of ether oxygens (including phenoxy) is 2. The molecule has 0 radical (unpaired) electrons. The van der Waals surface area contributed by atoms with Crippen LogP contribution in [-0.4, -0.2) is 50.9 Å². The van der Waals surface area contributed by atoms with Gasteiger partial charge < -0.3 is 14.8 Å². The second-order valence-corrected chi connectivity index (χ2v) is 10.1. The molecule has 34 heavy (non-hydrogen) atoms. The summed E-state index contributed by atoms with van der Waals surface area (Å²) in [5.74, 6) is -0.499. The van der Waals surface area contributed by atoms with Gasteiger partial charge in [0.25, 0.3) is 0 Å². The summed E-state index contributed by atoms with van der Waals surface area (Å²) in [5, 5.41) is 2.83. The Bertz CT molecular complexity index is 1070. The highest BCUT2D eigenvalue weighted by molar-refractivity contribution is 7.89. The molecule has 0 aliphatic carbocycles. The lowest BCUT2D eigenvalue weighted by Crippen LogP contribution is -2.43. The van der Waals surface area contributed by atoms with Crippen molar-refractivity contribution in [1.29, 1.82) is 0 Å².